The monoisotopic (exact) mass is 404 g/mol. The Hall–Kier alpha value is -2.58. The highest BCUT2D eigenvalue weighted by Gasteiger charge is 2.15. The summed E-state index contributed by atoms with van der Waals surface area (Å²) in [4.78, 5) is 13.0. The van der Waals surface area contributed by atoms with Crippen LogP contribution < -0.4 is 14.4 Å². The molecular weight excluding hydrogens is 384 g/mol. The number of anilines is 1. The van der Waals surface area contributed by atoms with Crippen molar-refractivity contribution in [2.45, 2.75) is 6.54 Å². The molecular formula is C19H20N2O4S2. The van der Waals surface area contributed by atoms with Gasteiger partial charge in [0.1, 0.15) is 5.75 Å². The van der Waals surface area contributed by atoms with Gasteiger partial charge in [-0.2, -0.15) is 0 Å². The van der Waals surface area contributed by atoms with Crippen LogP contribution in [0.25, 0.3) is 10.1 Å². The molecule has 0 atom stereocenters. The van der Waals surface area contributed by atoms with Crippen molar-refractivity contribution in [1.82, 2.24) is 5.32 Å². The van der Waals surface area contributed by atoms with Gasteiger partial charge in [0.25, 0.3) is 5.91 Å². The lowest BCUT2D eigenvalue weighted by Gasteiger charge is -2.16. The predicted octanol–water partition coefficient (Wildman–Crippen LogP) is 3.24. The van der Waals surface area contributed by atoms with E-state index < -0.39 is 10.0 Å². The zero-order chi connectivity index (χ0) is 19.6. The van der Waals surface area contributed by atoms with Gasteiger partial charge in [0.05, 0.1) is 23.9 Å². The van der Waals surface area contributed by atoms with Crippen LogP contribution in [0.15, 0.2) is 48.5 Å². The summed E-state index contributed by atoms with van der Waals surface area (Å²) in [5.74, 6) is 0.606. The van der Waals surface area contributed by atoms with Gasteiger partial charge in [-0.25, -0.2) is 8.42 Å². The summed E-state index contributed by atoms with van der Waals surface area (Å²) in [7, 11) is -0.216. The van der Waals surface area contributed by atoms with Crippen molar-refractivity contribution in [2.24, 2.45) is 0 Å². The molecule has 0 aliphatic heterocycles. The first-order chi connectivity index (χ1) is 12.8. The molecule has 0 aliphatic carbocycles. The minimum absolute atomic E-state index is 0.162. The Labute approximate surface area is 162 Å². The summed E-state index contributed by atoms with van der Waals surface area (Å²) >= 11 is 1.37. The fourth-order valence-corrected chi connectivity index (χ4v) is 4.00. The maximum atomic E-state index is 12.5. The van der Waals surface area contributed by atoms with Crippen LogP contribution in [0, 0.1) is 0 Å². The van der Waals surface area contributed by atoms with E-state index in [-0.39, 0.29) is 5.91 Å². The zero-order valence-electron chi connectivity index (χ0n) is 15.2. The summed E-state index contributed by atoms with van der Waals surface area (Å²) in [6.45, 7) is 0.416. The van der Waals surface area contributed by atoms with E-state index in [1.807, 2.05) is 30.3 Å². The van der Waals surface area contributed by atoms with Gasteiger partial charge in [-0.15, -0.1) is 11.3 Å². The summed E-state index contributed by atoms with van der Waals surface area (Å²) in [6, 6.07) is 14.6. The van der Waals surface area contributed by atoms with E-state index >= 15 is 0 Å². The molecule has 0 aliphatic rings. The van der Waals surface area contributed by atoms with Crippen LogP contribution in [0.5, 0.6) is 5.75 Å². The second kappa shape index (κ2) is 7.58. The average Bonchev–Trinajstić information content (AvgIpc) is 3.08. The van der Waals surface area contributed by atoms with E-state index in [0.29, 0.717) is 17.1 Å². The number of hydrogen-bond acceptors (Lipinski definition) is 5. The Morgan fingerprint density at radius 3 is 2.48 bits per heavy atom. The molecule has 1 N–H and O–H groups in total. The molecule has 0 saturated heterocycles. The van der Waals surface area contributed by atoms with E-state index in [1.54, 1.807) is 25.3 Å². The molecule has 27 heavy (non-hydrogen) atoms. The largest absolute Gasteiger partial charge is 0.497 e. The van der Waals surface area contributed by atoms with Crippen LogP contribution in [0.1, 0.15) is 15.2 Å². The van der Waals surface area contributed by atoms with Crippen molar-refractivity contribution in [3.63, 3.8) is 0 Å². The van der Waals surface area contributed by atoms with Crippen LogP contribution in [-0.4, -0.2) is 34.7 Å². The molecule has 8 heteroatoms. The van der Waals surface area contributed by atoms with E-state index in [2.05, 4.69) is 5.32 Å². The van der Waals surface area contributed by atoms with Crippen LogP contribution >= 0.6 is 11.3 Å². The number of nitrogens with zero attached hydrogens (tertiary/aromatic N) is 1. The molecule has 0 unspecified atom stereocenters. The van der Waals surface area contributed by atoms with Crippen LogP contribution in [0.3, 0.4) is 0 Å². The quantitative estimate of drug-likeness (QED) is 0.684. The van der Waals surface area contributed by atoms with Crippen molar-refractivity contribution in [2.75, 3.05) is 24.7 Å². The number of hydrogen-bond donors (Lipinski definition) is 1. The highest BCUT2D eigenvalue weighted by molar-refractivity contribution is 7.92. The lowest BCUT2D eigenvalue weighted by atomic mass is 10.2. The number of carbonyl (C=O) groups excluding carboxylic acids is 1. The molecule has 3 aromatic rings. The van der Waals surface area contributed by atoms with E-state index in [9.17, 15) is 13.2 Å². The van der Waals surface area contributed by atoms with Gasteiger partial charge in [-0.05, 0) is 47.3 Å². The summed E-state index contributed by atoms with van der Waals surface area (Å²) < 4.78 is 30.7. The Morgan fingerprint density at radius 2 is 1.85 bits per heavy atom. The maximum Gasteiger partial charge on any atom is 0.261 e. The number of ether oxygens (including phenoxy) is 1. The summed E-state index contributed by atoms with van der Waals surface area (Å²) in [5.41, 5.74) is 1.54. The standard InChI is InChI=1S/C19H20N2O4S2/c1-21(27(3,23)24)15-6-9-17-14(10-15)11-18(26-17)19(22)20-12-13-4-7-16(25-2)8-5-13/h4-11H,12H2,1-3H3,(H,20,22). The van der Waals surface area contributed by atoms with Crippen molar-refractivity contribution >= 4 is 43.0 Å². The van der Waals surface area contributed by atoms with Crippen molar-refractivity contribution < 1.29 is 17.9 Å². The number of carbonyl (C=O) groups is 1. The van der Waals surface area contributed by atoms with Gasteiger partial charge in [0.15, 0.2) is 0 Å². The molecule has 1 heterocycles. The molecule has 2 aromatic carbocycles. The second-order valence-corrected chi connectivity index (χ2v) is 9.19. The van der Waals surface area contributed by atoms with Crippen LogP contribution in [0.2, 0.25) is 0 Å². The van der Waals surface area contributed by atoms with Gasteiger partial charge in [-0.1, -0.05) is 12.1 Å². The third-order valence-corrected chi connectivity index (χ3v) is 6.52. The maximum absolute atomic E-state index is 12.5. The number of thiophene rings is 1. The number of nitrogens with one attached hydrogen (secondary N) is 1. The third kappa shape index (κ3) is 4.40. The van der Waals surface area contributed by atoms with Gasteiger partial charge in [0, 0.05) is 18.3 Å². The fourth-order valence-electron chi connectivity index (χ4n) is 2.54. The molecule has 0 radical (unpaired) electrons. The van der Waals surface area contributed by atoms with E-state index in [0.717, 1.165) is 27.7 Å². The highest BCUT2D eigenvalue weighted by Crippen LogP contribution is 2.30. The molecule has 1 aromatic heterocycles. The number of sulfonamides is 1. The Kier molecular flexibility index (Phi) is 5.38. The van der Waals surface area contributed by atoms with Crippen molar-refractivity contribution in [3.8, 4) is 5.75 Å². The number of methoxy groups -OCH3 is 1. The first kappa shape index (κ1) is 19.2. The smallest absolute Gasteiger partial charge is 0.261 e. The zero-order valence-corrected chi connectivity index (χ0v) is 16.9. The Morgan fingerprint density at radius 1 is 1.15 bits per heavy atom. The summed E-state index contributed by atoms with van der Waals surface area (Å²) in [6.07, 6.45) is 1.16. The molecule has 6 nitrogen and oxygen atoms in total. The highest BCUT2D eigenvalue weighted by atomic mass is 32.2. The molecule has 3 rings (SSSR count). The number of benzene rings is 2. The SMILES string of the molecule is COc1ccc(CNC(=O)c2cc3cc(N(C)S(C)(=O)=O)ccc3s2)cc1. The fraction of sp³-hybridized carbons (Fsp3) is 0.211. The number of rotatable bonds is 6. The topological polar surface area (TPSA) is 75.7 Å². The minimum atomic E-state index is -3.33. The Balaban J connectivity index is 1.74. The molecule has 0 bridgehead atoms. The molecule has 1 amide bonds. The van der Waals surface area contributed by atoms with E-state index in [4.69, 9.17) is 4.74 Å². The van der Waals surface area contributed by atoms with Gasteiger partial charge < -0.3 is 10.1 Å². The third-order valence-electron chi connectivity index (χ3n) is 4.20. The van der Waals surface area contributed by atoms with Crippen LogP contribution in [-0.2, 0) is 16.6 Å². The van der Waals surface area contributed by atoms with Gasteiger partial charge >= 0.3 is 0 Å². The lowest BCUT2D eigenvalue weighted by molar-refractivity contribution is 0.0955. The van der Waals surface area contributed by atoms with Crippen molar-refractivity contribution in [1.29, 1.82) is 0 Å². The number of fused-ring (bicyclic) bond motifs is 1. The van der Waals surface area contributed by atoms with Crippen LogP contribution in [0.4, 0.5) is 5.69 Å². The van der Waals surface area contributed by atoms with E-state index in [1.165, 1.54) is 22.7 Å². The average molecular weight is 405 g/mol. The molecule has 142 valence electrons. The second-order valence-electron chi connectivity index (χ2n) is 6.09. The minimum Gasteiger partial charge on any atom is -0.497 e. The molecule has 0 saturated carbocycles. The first-order valence-electron chi connectivity index (χ1n) is 8.16. The normalized spacial score (nSPS) is 11.4. The van der Waals surface area contributed by atoms with Crippen molar-refractivity contribution in [3.05, 3.63) is 59.0 Å². The Bertz CT molecular complexity index is 1070. The molecule has 0 fully saturated rings. The van der Waals surface area contributed by atoms with Gasteiger partial charge in [0.2, 0.25) is 10.0 Å². The summed E-state index contributed by atoms with van der Waals surface area (Å²) in [5, 5.41) is 3.74. The predicted molar refractivity (Wildman–Crippen MR) is 109 cm³/mol. The molecule has 0 spiro atoms. The lowest BCUT2D eigenvalue weighted by Crippen LogP contribution is -2.24. The van der Waals surface area contributed by atoms with Gasteiger partial charge in [-0.3, -0.25) is 9.10 Å². The first-order valence-corrected chi connectivity index (χ1v) is 10.8. The number of amides is 1.